The average Bonchev–Trinajstić information content (AvgIpc) is 2.54. The van der Waals surface area contributed by atoms with E-state index >= 15 is 0 Å². The standard InChI is InChI=1S/C15H21NO7/c17-7-10-13(20)14(21)12(15(22)23-10)16-11(19)6-3-8-1-4-9(18)5-2-8/h1-2,4-5,10,12-15,17-18,20-22H,3,6-7H2,(H,16,19). The number of amides is 1. The molecule has 1 aliphatic heterocycles. The molecular weight excluding hydrogens is 306 g/mol. The highest BCUT2D eigenvalue weighted by molar-refractivity contribution is 5.76. The highest BCUT2D eigenvalue weighted by atomic mass is 16.6. The van der Waals surface area contributed by atoms with E-state index in [4.69, 9.17) is 9.84 Å². The minimum absolute atomic E-state index is 0.0975. The number of aliphatic hydroxyl groups excluding tert-OH is 4. The molecule has 0 bridgehead atoms. The van der Waals surface area contributed by atoms with Crippen molar-refractivity contribution < 1.29 is 35.1 Å². The van der Waals surface area contributed by atoms with Gasteiger partial charge in [0.2, 0.25) is 5.91 Å². The highest BCUT2D eigenvalue weighted by Crippen LogP contribution is 2.20. The second-order valence-electron chi connectivity index (χ2n) is 5.49. The molecule has 0 radical (unpaired) electrons. The van der Waals surface area contributed by atoms with Gasteiger partial charge in [-0.15, -0.1) is 0 Å². The Labute approximate surface area is 133 Å². The first-order chi connectivity index (χ1) is 10.9. The van der Waals surface area contributed by atoms with Gasteiger partial charge in [0.1, 0.15) is 30.1 Å². The summed E-state index contributed by atoms with van der Waals surface area (Å²) >= 11 is 0. The minimum atomic E-state index is -1.52. The maximum atomic E-state index is 11.9. The number of phenolic OH excluding ortho intramolecular Hbond substituents is 1. The van der Waals surface area contributed by atoms with Crippen LogP contribution >= 0.6 is 0 Å². The number of aryl methyl sites for hydroxylation is 1. The molecule has 6 N–H and O–H groups in total. The summed E-state index contributed by atoms with van der Waals surface area (Å²) in [7, 11) is 0. The van der Waals surface area contributed by atoms with Crippen LogP contribution in [-0.2, 0) is 16.0 Å². The summed E-state index contributed by atoms with van der Waals surface area (Å²) in [6.07, 6.45) is -4.99. The topological polar surface area (TPSA) is 139 Å². The predicted octanol–water partition coefficient (Wildman–Crippen LogP) is -1.76. The van der Waals surface area contributed by atoms with Gasteiger partial charge in [-0.1, -0.05) is 12.1 Å². The van der Waals surface area contributed by atoms with Gasteiger partial charge in [-0.3, -0.25) is 4.79 Å². The number of carbonyl (C=O) groups excluding carboxylic acids is 1. The minimum Gasteiger partial charge on any atom is -0.508 e. The lowest BCUT2D eigenvalue weighted by Gasteiger charge is -2.40. The van der Waals surface area contributed by atoms with Crippen LogP contribution in [0.15, 0.2) is 24.3 Å². The first-order valence-electron chi connectivity index (χ1n) is 7.30. The van der Waals surface area contributed by atoms with Crippen molar-refractivity contribution in [2.45, 2.75) is 43.5 Å². The molecular formula is C15H21NO7. The van der Waals surface area contributed by atoms with E-state index in [0.717, 1.165) is 5.56 Å². The number of phenols is 1. The smallest absolute Gasteiger partial charge is 0.220 e. The van der Waals surface area contributed by atoms with Crippen LogP contribution in [0.3, 0.4) is 0 Å². The summed E-state index contributed by atoms with van der Waals surface area (Å²) in [5, 5.41) is 50.0. The quantitative estimate of drug-likeness (QED) is 0.376. The van der Waals surface area contributed by atoms with E-state index in [2.05, 4.69) is 5.32 Å². The molecule has 1 aliphatic rings. The van der Waals surface area contributed by atoms with Crippen molar-refractivity contribution in [1.29, 1.82) is 0 Å². The van der Waals surface area contributed by atoms with E-state index in [-0.39, 0.29) is 12.2 Å². The molecule has 0 saturated carbocycles. The van der Waals surface area contributed by atoms with Crippen LogP contribution in [-0.4, -0.2) is 68.7 Å². The lowest BCUT2D eigenvalue weighted by Crippen LogP contribution is -2.64. The van der Waals surface area contributed by atoms with Gasteiger partial charge in [-0.05, 0) is 24.1 Å². The van der Waals surface area contributed by atoms with Crippen LogP contribution < -0.4 is 5.32 Å². The number of hydrogen-bond donors (Lipinski definition) is 6. The molecule has 0 aliphatic carbocycles. The number of benzene rings is 1. The van der Waals surface area contributed by atoms with Crippen LogP contribution in [0.5, 0.6) is 5.75 Å². The summed E-state index contributed by atoms with van der Waals surface area (Å²) < 4.78 is 4.96. The van der Waals surface area contributed by atoms with Crippen molar-refractivity contribution in [2.24, 2.45) is 0 Å². The number of aliphatic hydroxyl groups is 4. The van der Waals surface area contributed by atoms with Gasteiger partial charge >= 0.3 is 0 Å². The second-order valence-corrected chi connectivity index (χ2v) is 5.49. The fraction of sp³-hybridized carbons (Fsp3) is 0.533. The van der Waals surface area contributed by atoms with E-state index in [9.17, 15) is 25.2 Å². The number of ether oxygens (including phenoxy) is 1. The maximum Gasteiger partial charge on any atom is 0.220 e. The predicted molar refractivity (Wildman–Crippen MR) is 78.3 cm³/mol. The van der Waals surface area contributed by atoms with E-state index < -0.39 is 43.2 Å². The Morgan fingerprint density at radius 1 is 1.13 bits per heavy atom. The molecule has 2 rings (SSSR count). The van der Waals surface area contributed by atoms with Crippen molar-refractivity contribution >= 4 is 5.91 Å². The zero-order chi connectivity index (χ0) is 17.0. The molecule has 8 nitrogen and oxygen atoms in total. The zero-order valence-corrected chi connectivity index (χ0v) is 12.4. The van der Waals surface area contributed by atoms with Gasteiger partial charge < -0.3 is 35.6 Å². The molecule has 128 valence electrons. The number of carbonyl (C=O) groups is 1. The van der Waals surface area contributed by atoms with Gasteiger partial charge in [-0.2, -0.15) is 0 Å². The zero-order valence-electron chi connectivity index (χ0n) is 12.4. The Morgan fingerprint density at radius 3 is 2.39 bits per heavy atom. The van der Waals surface area contributed by atoms with Gasteiger partial charge in [0.15, 0.2) is 6.29 Å². The molecule has 1 fully saturated rings. The molecule has 5 atom stereocenters. The molecule has 23 heavy (non-hydrogen) atoms. The molecule has 1 amide bonds. The summed E-state index contributed by atoms with van der Waals surface area (Å²) in [6, 6.07) is 5.22. The van der Waals surface area contributed by atoms with Crippen LogP contribution in [0.2, 0.25) is 0 Å². The Balaban J connectivity index is 1.87. The number of nitrogens with one attached hydrogen (secondary N) is 1. The first kappa shape index (κ1) is 17.6. The van der Waals surface area contributed by atoms with Crippen LogP contribution in [0.1, 0.15) is 12.0 Å². The lowest BCUT2D eigenvalue weighted by molar-refractivity contribution is -0.253. The summed E-state index contributed by atoms with van der Waals surface area (Å²) in [5.74, 6) is -0.296. The third-order valence-corrected chi connectivity index (χ3v) is 3.80. The molecule has 5 unspecified atom stereocenters. The first-order valence-corrected chi connectivity index (χ1v) is 7.30. The molecule has 0 aromatic heterocycles. The van der Waals surface area contributed by atoms with Crippen LogP contribution in [0.4, 0.5) is 0 Å². The molecule has 1 aromatic rings. The normalized spacial score (nSPS) is 30.9. The van der Waals surface area contributed by atoms with Gasteiger partial charge in [-0.25, -0.2) is 0 Å². The molecule has 8 heteroatoms. The summed E-state index contributed by atoms with van der Waals surface area (Å²) in [6.45, 7) is -0.559. The Kier molecular flexibility index (Phi) is 5.91. The van der Waals surface area contributed by atoms with Crippen molar-refractivity contribution in [3.05, 3.63) is 29.8 Å². The largest absolute Gasteiger partial charge is 0.508 e. The molecule has 1 saturated heterocycles. The van der Waals surface area contributed by atoms with E-state index in [1.54, 1.807) is 12.1 Å². The number of aromatic hydroxyl groups is 1. The average molecular weight is 327 g/mol. The van der Waals surface area contributed by atoms with Crippen LogP contribution in [0, 0.1) is 0 Å². The molecule has 0 spiro atoms. The Morgan fingerprint density at radius 2 is 1.78 bits per heavy atom. The van der Waals surface area contributed by atoms with Crippen molar-refractivity contribution in [1.82, 2.24) is 5.32 Å². The van der Waals surface area contributed by atoms with E-state index in [1.165, 1.54) is 12.1 Å². The van der Waals surface area contributed by atoms with Crippen molar-refractivity contribution in [3.8, 4) is 5.75 Å². The lowest BCUT2D eigenvalue weighted by atomic mass is 9.97. The second kappa shape index (κ2) is 7.71. The van der Waals surface area contributed by atoms with Crippen molar-refractivity contribution in [2.75, 3.05) is 6.61 Å². The number of rotatable bonds is 5. The van der Waals surface area contributed by atoms with Crippen molar-refractivity contribution in [3.63, 3.8) is 0 Å². The fourth-order valence-electron chi connectivity index (χ4n) is 2.43. The number of hydrogen-bond acceptors (Lipinski definition) is 7. The molecule has 1 aromatic carbocycles. The van der Waals surface area contributed by atoms with Gasteiger partial charge in [0.05, 0.1) is 6.61 Å². The van der Waals surface area contributed by atoms with E-state index in [0.29, 0.717) is 6.42 Å². The highest BCUT2D eigenvalue weighted by Gasteiger charge is 2.44. The van der Waals surface area contributed by atoms with Gasteiger partial charge in [0.25, 0.3) is 0 Å². The van der Waals surface area contributed by atoms with Crippen LogP contribution in [0.25, 0.3) is 0 Å². The van der Waals surface area contributed by atoms with E-state index in [1.807, 2.05) is 0 Å². The molecule has 1 heterocycles. The monoisotopic (exact) mass is 327 g/mol. The maximum absolute atomic E-state index is 11.9. The fourth-order valence-corrected chi connectivity index (χ4v) is 2.43. The Bertz CT molecular complexity index is 521. The third-order valence-electron chi connectivity index (χ3n) is 3.80. The third kappa shape index (κ3) is 4.40. The Hall–Kier alpha value is -1.71. The SMILES string of the molecule is O=C(CCc1ccc(O)cc1)NC1C(O)OC(CO)C(O)C1O. The van der Waals surface area contributed by atoms with Gasteiger partial charge in [0, 0.05) is 6.42 Å². The summed E-state index contributed by atoms with van der Waals surface area (Å²) in [5.41, 5.74) is 0.847. The summed E-state index contributed by atoms with van der Waals surface area (Å²) in [4.78, 5) is 11.9.